The SMILES string of the molecule is c1ccc(-c2cc(-c3ccc(-c4cccc5sc6ccccc6c45)c4oc5ccccc5c34)nc(-c3ccccc3-c3cccnc3)n2)cc1. The molecule has 0 bridgehead atoms. The van der Waals surface area contributed by atoms with Gasteiger partial charge in [-0.1, -0.05) is 115 Å². The third kappa shape index (κ3) is 4.63. The Labute approximate surface area is 292 Å². The second-order valence-corrected chi connectivity index (χ2v) is 13.4. The van der Waals surface area contributed by atoms with Gasteiger partial charge in [0.2, 0.25) is 0 Å². The average Bonchev–Trinajstić information content (AvgIpc) is 3.77. The van der Waals surface area contributed by atoms with Crippen LogP contribution in [-0.4, -0.2) is 15.0 Å². The van der Waals surface area contributed by atoms with E-state index in [4.69, 9.17) is 14.4 Å². The maximum Gasteiger partial charge on any atom is 0.161 e. The van der Waals surface area contributed by atoms with E-state index in [1.54, 1.807) is 6.20 Å². The van der Waals surface area contributed by atoms with Gasteiger partial charge in [-0.3, -0.25) is 4.98 Å². The summed E-state index contributed by atoms with van der Waals surface area (Å²) in [6.07, 6.45) is 3.68. The first-order chi connectivity index (χ1) is 24.8. The molecular weight excluding hydrogens is 631 g/mol. The summed E-state index contributed by atoms with van der Waals surface area (Å²) in [6.45, 7) is 0. The van der Waals surface area contributed by atoms with E-state index >= 15 is 0 Å². The molecule has 10 aromatic rings. The molecule has 0 spiro atoms. The molecule has 6 aromatic carbocycles. The molecule has 0 radical (unpaired) electrons. The summed E-state index contributed by atoms with van der Waals surface area (Å²) >= 11 is 1.83. The van der Waals surface area contributed by atoms with E-state index in [0.29, 0.717) is 5.82 Å². The Bertz CT molecular complexity index is 2870. The summed E-state index contributed by atoms with van der Waals surface area (Å²) in [5.74, 6) is 0.653. The molecule has 4 aromatic heterocycles. The highest BCUT2D eigenvalue weighted by atomic mass is 32.1. The minimum Gasteiger partial charge on any atom is -0.455 e. The molecule has 0 N–H and O–H groups in total. The van der Waals surface area contributed by atoms with Crippen molar-refractivity contribution < 1.29 is 4.42 Å². The molecule has 0 saturated heterocycles. The molecule has 50 heavy (non-hydrogen) atoms. The van der Waals surface area contributed by atoms with Crippen molar-refractivity contribution in [3.63, 3.8) is 0 Å². The molecule has 234 valence electrons. The molecule has 4 nitrogen and oxygen atoms in total. The molecule has 0 aliphatic heterocycles. The first-order valence-electron chi connectivity index (χ1n) is 16.6. The van der Waals surface area contributed by atoms with Crippen LogP contribution in [-0.2, 0) is 0 Å². The van der Waals surface area contributed by atoms with Gasteiger partial charge < -0.3 is 4.42 Å². The summed E-state index contributed by atoms with van der Waals surface area (Å²) < 4.78 is 9.34. The van der Waals surface area contributed by atoms with Gasteiger partial charge in [0.05, 0.1) is 11.4 Å². The molecule has 0 amide bonds. The van der Waals surface area contributed by atoms with Crippen LogP contribution >= 0.6 is 11.3 Å². The fraction of sp³-hybridized carbons (Fsp3) is 0. The minimum absolute atomic E-state index is 0.653. The lowest BCUT2D eigenvalue weighted by Gasteiger charge is -2.14. The lowest BCUT2D eigenvalue weighted by Crippen LogP contribution is -1.98. The van der Waals surface area contributed by atoms with Gasteiger partial charge in [-0.2, -0.15) is 0 Å². The molecule has 0 saturated carbocycles. The molecule has 0 aliphatic rings. The number of fused-ring (bicyclic) bond motifs is 6. The number of nitrogens with zero attached hydrogens (tertiary/aromatic N) is 3. The number of para-hydroxylation sites is 1. The maximum atomic E-state index is 6.80. The predicted molar refractivity (Wildman–Crippen MR) is 207 cm³/mol. The van der Waals surface area contributed by atoms with Crippen LogP contribution in [0, 0.1) is 0 Å². The van der Waals surface area contributed by atoms with Crippen LogP contribution in [0.3, 0.4) is 0 Å². The van der Waals surface area contributed by atoms with E-state index in [0.717, 1.165) is 72.3 Å². The van der Waals surface area contributed by atoms with Crippen LogP contribution in [0.2, 0.25) is 0 Å². The molecule has 0 fully saturated rings. The van der Waals surface area contributed by atoms with Crippen LogP contribution in [0.25, 0.3) is 98.3 Å². The van der Waals surface area contributed by atoms with Crippen molar-refractivity contribution in [1.82, 2.24) is 15.0 Å². The van der Waals surface area contributed by atoms with Crippen LogP contribution < -0.4 is 0 Å². The zero-order chi connectivity index (χ0) is 33.0. The van der Waals surface area contributed by atoms with Crippen LogP contribution in [0.4, 0.5) is 0 Å². The fourth-order valence-electron chi connectivity index (χ4n) is 7.17. The van der Waals surface area contributed by atoms with Gasteiger partial charge >= 0.3 is 0 Å². The smallest absolute Gasteiger partial charge is 0.161 e. The summed E-state index contributed by atoms with van der Waals surface area (Å²) in [4.78, 5) is 14.9. The molecule has 10 rings (SSSR count). The number of pyridine rings is 1. The Kier molecular flexibility index (Phi) is 6.64. The summed E-state index contributed by atoms with van der Waals surface area (Å²) in [5.41, 5.74) is 10.6. The number of thiophene rings is 1. The Balaban J connectivity index is 1.26. The Hall–Kier alpha value is -6.43. The van der Waals surface area contributed by atoms with Gasteiger partial charge in [-0.15, -0.1) is 11.3 Å². The van der Waals surface area contributed by atoms with E-state index in [2.05, 4.69) is 114 Å². The van der Waals surface area contributed by atoms with E-state index in [1.165, 1.54) is 20.2 Å². The maximum absolute atomic E-state index is 6.80. The number of furan rings is 1. The number of benzene rings is 6. The number of hydrogen-bond acceptors (Lipinski definition) is 5. The van der Waals surface area contributed by atoms with Crippen molar-refractivity contribution in [3.8, 4) is 56.2 Å². The van der Waals surface area contributed by atoms with Crippen LogP contribution in [0.15, 0.2) is 168 Å². The van der Waals surface area contributed by atoms with Crippen molar-refractivity contribution in [1.29, 1.82) is 0 Å². The summed E-state index contributed by atoms with van der Waals surface area (Å²) in [5, 5.41) is 4.61. The van der Waals surface area contributed by atoms with E-state index < -0.39 is 0 Å². The van der Waals surface area contributed by atoms with Crippen molar-refractivity contribution in [3.05, 3.63) is 164 Å². The highest BCUT2D eigenvalue weighted by Gasteiger charge is 2.22. The monoisotopic (exact) mass is 657 g/mol. The van der Waals surface area contributed by atoms with E-state index in [-0.39, 0.29) is 0 Å². The van der Waals surface area contributed by atoms with Gasteiger partial charge in [0.1, 0.15) is 11.2 Å². The molecule has 5 heteroatoms. The highest BCUT2D eigenvalue weighted by molar-refractivity contribution is 7.25. The third-order valence-corrected chi connectivity index (χ3v) is 10.6. The minimum atomic E-state index is 0.653. The number of aromatic nitrogens is 3. The molecule has 0 unspecified atom stereocenters. The van der Waals surface area contributed by atoms with Gasteiger partial charge in [-0.25, -0.2) is 9.97 Å². The van der Waals surface area contributed by atoms with Gasteiger partial charge in [0.15, 0.2) is 5.82 Å². The van der Waals surface area contributed by atoms with Crippen LogP contribution in [0.5, 0.6) is 0 Å². The Morgan fingerprint density at radius 3 is 2.04 bits per heavy atom. The quantitative estimate of drug-likeness (QED) is 0.185. The average molecular weight is 658 g/mol. The first kappa shape index (κ1) is 28.6. The second-order valence-electron chi connectivity index (χ2n) is 12.4. The lowest BCUT2D eigenvalue weighted by atomic mass is 9.94. The van der Waals surface area contributed by atoms with Gasteiger partial charge in [-0.05, 0) is 47.5 Å². The van der Waals surface area contributed by atoms with Crippen molar-refractivity contribution in [2.24, 2.45) is 0 Å². The van der Waals surface area contributed by atoms with E-state index in [1.807, 2.05) is 60.0 Å². The zero-order valence-corrected chi connectivity index (χ0v) is 27.6. The lowest BCUT2D eigenvalue weighted by molar-refractivity contribution is 0.670. The summed E-state index contributed by atoms with van der Waals surface area (Å²) in [7, 11) is 0. The predicted octanol–water partition coefficient (Wildman–Crippen LogP) is 12.5. The van der Waals surface area contributed by atoms with Gasteiger partial charge in [0, 0.05) is 71.2 Å². The number of hydrogen-bond donors (Lipinski definition) is 0. The Morgan fingerprint density at radius 2 is 1.16 bits per heavy atom. The Morgan fingerprint density at radius 1 is 0.460 bits per heavy atom. The second kappa shape index (κ2) is 11.6. The van der Waals surface area contributed by atoms with Crippen molar-refractivity contribution >= 4 is 53.4 Å². The highest BCUT2D eigenvalue weighted by Crippen LogP contribution is 2.46. The number of rotatable bonds is 5. The molecule has 4 heterocycles. The fourth-order valence-corrected chi connectivity index (χ4v) is 8.30. The van der Waals surface area contributed by atoms with Crippen molar-refractivity contribution in [2.75, 3.05) is 0 Å². The van der Waals surface area contributed by atoms with Gasteiger partial charge in [0.25, 0.3) is 0 Å². The largest absolute Gasteiger partial charge is 0.455 e. The summed E-state index contributed by atoms with van der Waals surface area (Å²) in [6, 6.07) is 52.7. The molecular formula is C45H27N3OS. The topological polar surface area (TPSA) is 51.8 Å². The standard InChI is InChI=1S/C45H27N3OS/c1-2-12-28(13-3-1)37-26-38(48-45(47-37)33-16-5-4-15-30(33)29-14-11-25-46-27-29)34-24-23-32(44-43(34)35-17-6-8-20-39(35)49-44)31-19-10-22-41-42(31)36-18-7-9-21-40(36)50-41/h1-27H. The third-order valence-electron chi connectivity index (χ3n) is 9.43. The van der Waals surface area contributed by atoms with Crippen LogP contribution in [0.1, 0.15) is 0 Å². The zero-order valence-electron chi connectivity index (χ0n) is 26.7. The molecule has 0 aliphatic carbocycles. The van der Waals surface area contributed by atoms with Crippen molar-refractivity contribution in [2.45, 2.75) is 0 Å². The molecule has 0 atom stereocenters. The first-order valence-corrected chi connectivity index (χ1v) is 17.4. The normalized spacial score (nSPS) is 11.6. The van der Waals surface area contributed by atoms with E-state index in [9.17, 15) is 0 Å².